The monoisotopic (exact) mass is 253 g/mol. The highest BCUT2D eigenvalue weighted by Crippen LogP contribution is 2.13. The molecule has 1 aromatic carbocycles. The molecule has 0 radical (unpaired) electrons. The Bertz CT molecular complexity index is 551. The van der Waals surface area contributed by atoms with Crippen LogP contribution < -0.4 is 5.32 Å². The predicted octanol–water partition coefficient (Wildman–Crippen LogP) is 1.30. The number of azo groups is 1. The topological polar surface area (TPSA) is 91.1 Å². The van der Waals surface area contributed by atoms with Gasteiger partial charge in [0.15, 0.2) is 0 Å². The molecule has 0 aliphatic carbocycles. The zero-order chi connectivity index (χ0) is 12.3. The molecule has 1 unspecified atom stereocenters. The molecular weight excluding hydrogens is 242 g/mol. The number of benzene rings is 1. The summed E-state index contributed by atoms with van der Waals surface area (Å²) in [6.07, 6.45) is 1.99. The number of nitrogens with one attached hydrogen (secondary N) is 1. The van der Waals surface area contributed by atoms with Gasteiger partial charge >= 0.3 is 10.1 Å². The Balaban J connectivity index is 2.04. The third-order valence-electron chi connectivity index (χ3n) is 2.19. The van der Waals surface area contributed by atoms with Crippen LogP contribution in [0.2, 0.25) is 0 Å². The zero-order valence-electron chi connectivity index (χ0n) is 8.81. The normalized spacial score (nSPS) is 19.6. The van der Waals surface area contributed by atoms with E-state index in [1.54, 1.807) is 0 Å². The fourth-order valence-electron chi connectivity index (χ4n) is 1.39. The van der Waals surface area contributed by atoms with Gasteiger partial charge in [-0.15, -0.1) is 5.11 Å². The molecule has 6 nitrogen and oxygen atoms in total. The molecule has 1 heterocycles. The van der Waals surface area contributed by atoms with Crippen molar-refractivity contribution in [1.29, 1.82) is 0 Å². The quantitative estimate of drug-likeness (QED) is 0.794. The molecular formula is C10H11N3O3S. The Labute approximate surface area is 98.8 Å². The molecule has 2 N–H and O–H groups in total. The van der Waals surface area contributed by atoms with Crippen LogP contribution in [0.1, 0.15) is 5.56 Å². The Kier molecular flexibility index (Phi) is 3.21. The first-order valence-corrected chi connectivity index (χ1v) is 6.42. The molecule has 1 aliphatic heterocycles. The minimum absolute atomic E-state index is 0.551. The van der Waals surface area contributed by atoms with Crippen LogP contribution in [0.15, 0.2) is 52.5 Å². The molecule has 0 bridgehead atoms. The zero-order valence-corrected chi connectivity index (χ0v) is 9.63. The summed E-state index contributed by atoms with van der Waals surface area (Å²) in [6, 6.07) is 9.60. The molecule has 0 amide bonds. The number of hydrogen-bond donors (Lipinski definition) is 2. The smallest absolute Gasteiger partial charge is 0.309 e. The molecule has 1 aliphatic rings. The van der Waals surface area contributed by atoms with E-state index in [-0.39, 0.29) is 0 Å². The molecule has 1 atom stereocenters. The second-order valence-corrected chi connectivity index (χ2v) is 5.02. The average Bonchev–Trinajstić information content (AvgIpc) is 2.30. The van der Waals surface area contributed by atoms with E-state index >= 15 is 0 Å². The van der Waals surface area contributed by atoms with E-state index in [4.69, 9.17) is 4.55 Å². The predicted molar refractivity (Wildman–Crippen MR) is 61.6 cm³/mol. The summed E-state index contributed by atoms with van der Waals surface area (Å²) in [5.41, 5.74) is 0.253. The lowest BCUT2D eigenvalue weighted by Crippen LogP contribution is -2.32. The van der Waals surface area contributed by atoms with Crippen LogP contribution in [0.3, 0.4) is 0 Å². The van der Waals surface area contributed by atoms with Gasteiger partial charge in [0.05, 0.1) is 5.70 Å². The molecule has 0 aromatic heterocycles. The van der Waals surface area contributed by atoms with Crippen LogP contribution >= 0.6 is 0 Å². The maximum absolute atomic E-state index is 10.8. The summed E-state index contributed by atoms with van der Waals surface area (Å²) in [5, 5.41) is 9.71. The molecule has 0 spiro atoms. The summed E-state index contributed by atoms with van der Waals surface area (Å²) < 4.78 is 30.3. The highest BCUT2D eigenvalue weighted by molar-refractivity contribution is 7.86. The first-order chi connectivity index (χ1) is 8.05. The van der Waals surface area contributed by atoms with Crippen molar-refractivity contribution in [2.24, 2.45) is 10.2 Å². The van der Waals surface area contributed by atoms with Gasteiger partial charge in [0.1, 0.15) is 0 Å². The van der Waals surface area contributed by atoms with Crippen molar-refractivity contribution >= 4 is 10.1 Å². The number of allylic oxidation sites excluding steroid dienone is 1. The number of nitrogens with zero attached hydrogens (tertiary/aromatic N) is 2. The SMILES string of the molecule is O=S(=O)(O)C1N=NC(Cc2ccccc2)=CN1. The van der Waals surface area contributed by atoms with Crippen LogP contribution in [0.25, 0.3) is 0 Å². The first-order valence-electron chi connectivity index (χ1n) is 4.92. The van der Waals surface area contributed by atoms with Gasteiger partial charge in [-0.1, -0.05) is 30.3 Å². The standard InChI is InChI=1S/C10H11N3O3S/c14-17(15,16)10-11-7-9(12-13-10)6-8-4-2-1-3-5-8/h1-5,7,10-11H,6H2,(H,14,15,16). The Morgan fingerprint density at radius 3 is 2.53 bits per heavy atom. The molecule has 0 saturated carbocycles. The van der Waals surface area contributed by atoms with Gasteiger partial charge in [-0.25, -0.2) is 0 Å². The Morgan fingerprint density at radius 1 is 1.29 bits per heavy atom. The Hall–Kier alpha value is -1.73. The van der Waals surface area contributed by atoms with Crippen molar-refractivity contribution in [3.8, 4) is 0 Å². The van der Waals surface area contributed by atoms with Gasteiger partial charge in [-0.3, -0.25) is 4.55 Å². The van der Waals surface area contributed by atoms with Gasteiger partial charge in [-0.2, -0.15) is 13.5 Å². The van der Waals surface area contributed by atoms with Crippen LogP contribution in [0, 0.1) is 0 Å². The number of rotatable bonds is 3. The molecule has 17 heavy (non-hydrogen) atoms. The highest BCUT2D eigenvalue weighted by atomic mass is 32.2. The lowest BCUT2D eigenvalue weighted by Gasteiger charge is -2.13. The van der Waals surface area contributed by atoms with Gasteiger partial charge < -0.3 is 5.32 Å². The van der Waals surface area contributed by atoms with Crippen molar-refractivity contribution < 1.29 is 13.0 Å². The van der Waals surface area contributed by atoms with Crippen LogP contribution in [-0.2, 0) is 16.5 Å². The van der Waals surface area contributed by atoms with E-state index in [0.717, 1.165) is 5.56 Å². The van der Waals surface area contributed by atoms with Crippen molar-refractivity contribution in [3.63, 3.8) is 0 Å². The maximum atomic E-state index is 10.8. The summed E-state index contributed by atoms with van der Waals surface area (Å²) in [6.45, 7) is 0. The van der Waals surface area contributed by atoms with Crippen molar-refractivity contribution in [1.82, 2.24) is 5.32 Å². The summed E-state index contributed by atoms with van der Waals surface area (Å²) in [7, 11) is -4.24. The van der Waals surface area contributed by atoms with E-state index in [0.29, 0.717) is 12.1 Å². The van der Waals surface area contributed by atoms with Crippen LogP contribution in [0.4, 0.5) is 0 Å². The second kappa shape index (κ2) is 4.64. The fourth-order valence-corrected chi connectivity index (χ4v) is 1.80. The van der Waals surface area contributed by atoms with E-state index in [9.17, 15) is 8.42 Å². The minimum atomic E-state index is -4.24. The van der Waals surface area contributed by atoms with Crippen LogP contribution in [0.5, 0.6) is 0 Å². The van der Waals surface area contributed by atoms with Gasteiger partial charge in [0.25, 0.3) is 5.50 Å². The third-order valence-corrected chi connectivity index (χ3v) is 2.99. The lowest BCUT2D eigenvalue weighted by atomic mass is 10.1. The fraction of sp³-hybridized carbons (Fsp3) is 0.200. The minimum Gasteiger partial charge on any atom is -0.352 e. The van der Waals surface area contributed by atoms with Crippen molar-refractivity contribution in [2.45, 2.75) is 11.9 Å². The molecule has 1 aromatic rings. The van der Waals surface area contributed by atoms with Crippen molar-refractivity contribution in [2.75, 3.05) is 0 Å². The summed E-state index contributed by atoms with van der Waals surface area (Å²) in [5.74, 6) is 0. The van der Waals surface area contributed by atoms with Crippen molar-refractivity contribution in [3.05, 3.63) is 47.8 Å². The third kappa shape index (κ3) is 3.11. The summed E-state index contributed by atoms with van der Waals surface area (Å²) >= 11 is 0. The summed E-state index contributed by atoms with van der Waals surface area (Å²) in [4.78, 5) is 0. The van der Waals surface area contributed by atoms with E-state index < -0.39 is 15.6 Å². The first kappa shape index (κ1) is 11.7. The molecule has 0 fully saturated rings. The lowest BCUT2D eigenvalue weighted by molar-refractivity contribution is 0.456. The van der Waals surface area contributed by atoms with Gasteiger partial charge in [0, 0.05) is 12.6 Å². The highest BCUT2D eigenvalue weighted by Gasteiger charge is 2.23. The van der Waals surface area contributed by atoms with Crippen LogP contribution in [-0.4, -0.2) is 18.5 Å². The Morgan fingerprint density at radius 2 is 2.00 bits per heavy atom. The molecule has 2 rings (SSSR count). The second-order valence-electron chi connectivity index (χ2n) is 3.55. The van der Waals surface area contributed by atoms with Gasteiger partial charge in [0.2, 0.25) is 0 Å². The maximum Gasteiger partial charge on any atom is 0.309 e. The molecule has 0 saturated heterocycles. The van der Waals surface area contributed by atoms with E-state index in [1.165, 1.54) is 6.20 Å². The average molecular weight is 253 g/mol. The van der Waals surface area contributed by atoms with Gasteiger partial charge in [-0.05, 0) is 5.56 Å². The van der Waals surface area contributed by atoms with E-state index in [2.05, 4.69) is 15.5 Å². The molecule has 7 heteroatoms. The number of hydrogen-bond acceptors (Lipinski definition) is 5. The van der Waals surface area contributed by atoms with E-state index in [1.807, 2.05) is 30.3 Å². The molecule has 90 valence electrons. The largest absolute Gasteiger partial charge is 0.352 e.